The highest BCUT2D eigenvalue weighted by atomic mass is 35.5. The van der Waals surface area contributed by atoms with Gasteiger partial charge in [0.1, 0.15) is 11.9 Å². The largest absolute Gasteiger partial charge is 0.382 e. The molecule has 0 bridgehead atoms. The van der Waals surface area contributed by atoms with Gasteiger partial charge in [0.15, 0.2) is 0 Å². The number of anilines is 1. The van der Waals surface area contributed by atoms with Gasteiger partial charge in [-0.3, -0.25) is 9.10 Å². The van der Waals surface area contributed by atoms with Gasteiger partial charge >= 0.3 is 0 Å². The number of aromatic nitrogens is 2. The maximum Gasteiger partial charge on any atom is 0.252 e. The number of carbonyl (C=O) groups excluding carboxylic acids is 1. The maximum atomic E-state index is 12.9. The van der Waals surface area contributed by atoms with Crippen LogP contribution in [0.3, 0.4) is 0 Å². The minimum Gasteiger partial charge on any atom is -0.382 e. The summed E-state index contributed by atoms with van der Waals surface area (Å²) in [6, 6.07) is 9.23. The highest BCUT2D eigenvalue weighted by Crippen LogP contribution is 2.30. The van der Waals surface area contributed by atoms with Crippen LogP contribution in [0.2, 0.25) is 10.0 Å². The van der Waals surface area contributed by atoms with Gasteiger partial charge in [0.25, 0.3) is 5.91 Å². The Morgan fingerprint density at radius 1 is 1.25 bits per heavy atom. The maximum absolute atomic E-state index is 12.9. The number of methoxy groups -OCH3 is 1. The van der Waals surface area contributed by atoms with E-state index in [-0.39, 0.29) is 29.5 Å². The summed E-state index contributed by atoms with van der Waals surface area (Å²) in [6.07, 6.45) is 3.36. The average Bonchev–Trinajstić information content (AvgIpc) is 3.16. The summed E-state index contributed by atoms with van der Waals surface area (Å²) in [7, 11) is -1.96. The quantitative estimate of drug-likeness (QED) is 0.508. The molecule has 4 rings (SSSR count). The highest BCUT2D eigenvalue weighted by molar-refractivity contribution is 7.93. The molecule has 3 aromatic rings. The van der Waals surface area contributed by atoms with Crippen molar-refractivity contribution in [2.24, 2.45) is 0 Å². The van der Waals surface area contributed by atoms with Crippen LogP contribution >= 0.6 is 23.2 Å². The molecule has 8 nitrogen and oxygen atoms in total. The third-order valence-electron chi connectivity index (χ3n) is 4.99. The number of halogens is 2. The summed E-state index contributed by atoms with van der Waals surface area (Å²) in [5, 5.41) is 3.61. The standard InChI is InChI=1S/C21H20Cl2N4O4S/c1-31-12-18(20-24-16-6-5-14(22)11-17(16)25-20)26-21(28)13-4-7-19(15(23)10-13)27-8-2-3-9-32(27,29)30/h2-7,10-11,18H,8-9,12H2,1H3,(H,24,25)(H,26,28)/t18-/m0/s1. The van der Waals surface area contributed by atoms with Gasteiger partial charge in [-0.25, -0.2) is 13.4 Å². The first-order valence-corrected chi connectivity index (χ1v) is 12.0. The first-order valence-electron chi connectivity index (χ1n) is 9.68. The van der Waals surface area contributed by atoms with Gasteiger partial charge in [0, 0.05) is 17.7 Å². The Hall–Kier alpha value is -2.59. The molecule has 0 saturated carbocycles. The number of imidazole rings is 1. The lowest BCUT2D eigenvalue weighted by Crippen LogP contribution is -2.35. The number of carbonyl (C=O) groups is 1. The normalized spacial score (nSPS) is 16.3. The molecule has 2 heterocycles. The van der Waals surface area contributed by atoms with E-state index in [1.165, 1.54) is 29.6 Å². The van der Waals surface area contributed by atoms with Crippen molar-refractivity contribution in [1.82, 2.24) is 15.3 Å². The van der Waals surface area contributed by atoms with Crippen molar-refractivity contribution in [3.05, 3.63) is 70.0 Å². The predicted molar refractivity (Wildman–Crippen MR) is 125 cm³/mol. The molecule has 1 aliphatic heterocycles. The molecule has 0 fully saturated rings. The lowest BCUT2D eigenvalue weighted by atomic mass is 10.1. The second kappa shape index (κ2) is 9.11. The molecule has 1 aromatic heterocycles. The molecular weight excluding hydrogens is 475 g/mol. The third kappa shape index (κ3) is 4.61. The second-order valence-electron chi connectivity index (χ2n) is 7.21. The van der Waals surface area contributed by atoms with Gasteiger partial charge in [-0.2, -0.15) is 0 Å². The lowest BCUT2D eigenvalue weighted by molar-refractivity contribution is 0.0892. The van der Waals surface area contributed by atoms with Crippen molar-refractivity contribution in [3.63, 3.8) is 0 Å². The van der Waals surface area contributed by atoms with Gasteiger partial charge in [0.05, 0.1) is 40.6 Å². The SMILES string of the molecule is COC[C@H](NC(=O)c1ccc(N2CC=CCS2(=O)=O)c(Cl)c1)c1nc2ccc(Cl)cc2[nH]1. The van der Waals surface area contributed by atoms with Gasteiger partial charge in [-0.05, 0) is 36.4 Å². The first-order chi connectivity index (χ1) is 15.3. The molecule has 0 aliphatic carbocycles. The number of aromatic amines is 1. The summed E-state index contributed by atoms with van der Waals surface area (Å²) in [6.45, 7) is 0.378. The zero-order valence-electron chi connectivity index (χ0n) is 17.0. The Morgan fingerprint density at radius 3 is 2.78 bits per heavy atom. The molecule has 2 N–H and O–H groups in total. The summed E-state index contributed by atoms with van der Waals surface area (Å²) in [4.78, 5) is 20.6. The van der Waals surface area contributed by atoms with Crippen molar-refractivity contribution in [3.8, 4) is 0 Å². The van der Waals surface area contributed by atoms with E-state index in [2.05, 4.69) is 15.3 Å². The molecule has 0 spiro atoms. The molecule has 0 radical (unpaired) electrons. The Bertz CT molecular complexity index is 1310. The average molecular weight is 495 g/mol. The minimum atomic E-state index is -3.49. The van der Waals surface area contributed by atoms with Gasteiger partial charge in [-0.15, -0.1) is 0 Å². The van der Waals surface area contributed by atoms with Crippen LogP contribution in [0, 0.1) is 0 Å². The molecule has 0 unspecified atom stereocenters. The number of H-pyrrole nitrogens is 1. The number of sulfonamides is 1. The first kappa shape index (κ1) is 22.6. The number of rotatable bonds is 6. The molecule has 32 heavy (non-hydrogen) atoms. The number of benzene rings is 2. The fourth-order valence-electron chi connectivity index (χ4n) is 3.43. The van der Waals surface area contributed by atoms with E-state index in [0.29, 0.717) is 22.1 Å². The van der Waals surface area contributed by atoms with Crippen LogP contribution < -0.4 is 9.62 Å². The molecule has 168 valence electrons. The number of hydrogen-bond acceptors (Lipinski definition) is 5. The van der Waals surface area contributed by atoms with Gasteiger partial charge in [0.2, 0.25) is 10.0 Å². The molecule has 11 heteroatoms. The Kier molecular flexibility index (Phi) is 6.43. The van der Waals surface area contributed by atoms with E-state index in [0.717, 1.165) is 5.52 Å². The fraction of sp³-hybridized carbons (Fsp3) is 0.238. The molecular formula is C21H20Cl2N4O4S. The number of hydrogen-bond donors (Lipinski definition) is 2. The van der Waals surface area contributed by atoms with Crippen molar-refractivity contribution < 1.29 is 17.9 Å². The molecule has 1 amide bonds. The van der Waals surface area contributed by atoms with Gasteiger partial charge < -0.3 is 15.0 Å². The van der Waals surface area contributed by atoms with Crippen LogP contribution in [-0.4, -0.2) is 50.3 Å². The van der Waals surface area contributed by atoms with Crippen LogP contribution in [0.4, 0.5) is 5.69 Å². The topological polar surface area (TPSA) is 104 Å². The Balaban J connectivity index is 1.57. The number of nitrogens with zero attached hydrogens (tertiary/aromatic N) is 2. The highest BCUT2D eigenvalue weighted by Gasteiger charge is 2.26. The van der Waals surface area contributed by atoms with Crippen LogP contribution in [0.25, 0.3) is 11.0 Å². The van der Waals surface area contributed by atoms with E-state index >= 15 is 0 Å². The van der Waals surface area contributed by atoms with Crippen LogP contribution in [0.1, 0.15) is 22.2 Å². The van der Waals surface area contributed by atoms with E-state index in [1.807, 2.05) is 0 Å². The molecule has 1 atom stereocenters. The predicted octanol–water partition coefficient (Wildman–Crippen LogP) is 3.69. The van der Waals surface area contributed by atoms with E-state index < -0.39 is 22.0 Å². The number of fused-ring (bicyclic) bond motifs is 1. The van der Waals surface area contributed by atoms with Crippen molar-refractivity contribution in [2.45, 2.75) is 6.04 Å². The van der Waals surface area contributed by atoms with E-state index in [9.17, 15) is 13.2 Å². The Labute approximate surface area is 195 Å². The zero-order valence-corrected chi connectivity index (χ0v) is 19.3. The minimum absolute atomic E-state index is 0.0903. The number of nitrogens with one attached hydrogen (secondary N) is 2. The fourth-order valence-corrected chi connectivity index (χ4v) is 5.26. The summed E-state index contributed by atoms with van der Waals surface area (Å²) >= 11 is 12.4. The van der Waals surface area contributed by atoms with Crippen molar-refractivity contribution in [1.29, 1.82) is 0 Å². The van der Waals surface area contributed by atoms with E-state index in [1.54, 1.807) is 30.4 Å². The molecule has 1 aliphatic rings. The monoisotopic (exact) mass is 494 g/mol. The lowest BCUT2D eigenvalue weighted by Gasteiger charge is -2.26. The zero-order chi connectivity index (χ0) is 22.9. The van der Waals surface area contributed by atoms with Crippen LogP contribution in [0.15, 0.2) is 48.6 Å². The number of ether oxygens (including phenoxy) is 1. The summed E-state index contributed by atoms with van der Waals surface area (Å²) in [5.74, 6) is 0.0271. The van der Waals surface area contributed by atoms with E-state index in [4.69, 9.17) is 27.9 Å². The smallest absolute Gasteiger partial charge is 0.252 e. The van der Waals surface area contributed by atoms with Crippen LogP contribution in [0.5, 0.6) is 0 Å². The van der Waals surface area contributed by atoms with Crippen molar-refractivity contribution >= 4 is 55.9 Å². The van der Waals surface area contributed by atoms with Crippen molar-refractivity contribution in [2.75, 3.05) is 30.3 Å². The summed E-state index contributed by atoms with van der Waals surface area (Å²) in [5.41, 5.74) is 2.06. The number of amides is 1. The molecule has 2 aromatic carbocycles. The summed E-state index contributed by atoms with van der Waals surface area (Å²) < 4.78 is 31.1. The Morgan fingerprint density at radius 2 is 2.06 bits per heavy atom. The van der Waals surface area contributed by atoms with Gasteiger partial charge in [-0.1, -0.05) is 35.4 Å². The third-order valence-corrected chi connectivity index (χ3v) is 7.16. The molecule has 0 saturated heterocycles. The van der Waals surface area contributed by atoms with Crippen LogP contribution in [-0.2, 0) is 14.8 Å². The second-order valence-corrected chi connectivity index (χ2v) is 9.99.